The Bertz CT molecular complexity index is 809. The molecule has 204 valence electrons. The number of hydrogen-bond donors (Lipinski definition) is 4. The van der Waals surface area contributed by atoms with Crippen molar-refractivity contribution < 1.29 is 24.0 Å². The molecule has 0 unspecified atom stereocenters. The summed E-state index contributed by atoms with van der Waals surface area (Å²) < 4.78 is 0. The number of carbonyl (C=O) groups is 5. The molecule has 2 aliphatic rings. The van der Waals surface area contributed by atoms with E-state index in [2.05, 4.69) is 16.0 Å². The third-order valence-corrected chi connectivity index (χ3v) is 6.80. The maximum atomic E-state index is 13.7. The highest BCUT2D eigenvalue weighted by Gasteiger charge is 2.41. The van der Waals surface area contributed by atoms with Gasteiger partial charge in [0.25, 0.3) is 5.91 Å². The van der Waals surface area contributed by atoms with Crippen molar-refractivity contribution >= 4 is 29.5 Å². The predicted octanol–water partition coefficient (Wildman–Crippen LogP) is 2.14. The van der Waals surface area contributed by atoms with Crippen LogP contribution in [0.4, 0.5) is 4.79 Å². The number of urea groups is 1. The second-order valence-corrected chi connectivity index (χ2v) is 11.4. The summed E-state index contributed by atoms with van der Waals surface area (Å²) >= 11 is 0. The van der Waals surface area contributed by atoms with Gasteiger partial charge in [-0.25, -0.2) is 4.79 Å². The summed E-state index contributed by atoms with van der Waals surface area (Å²) in [5.74, 6) is -2.58. The monoisotopic (exact) mass is 507 g/mol. The average Bonchev–Trinajstić information content (AvgIpc) is 3.17. The van der Waals surface area contributed by atoms with Crippen LogP contribution >= 0.6 is 0 Å². The molecule has 0 aliphatic carbocycles. The van der Waals surface area contributed by atoms with E-state index in [1.54, 1.807) is 0 Å². The molecule has 0 aromatic rings. The van der Waals surface area contributed by atoms with Crippen molar-refractivity contribution in [1.29, 1.82) is 0 Å². The lowest BCUT2D eigenvalue weighted by atomic mass is 10.0. The highest BCUT2D eigenvalue weighted by molar-refractivity contribution is 6.37. The number of hydrogen-bond acceptors (Lipinski definition) is 5. The third kappa shape index (κ3) is 9.43. The molecule has 10 heteroatoms. The number of amides is 5. The molecule has 2 aliphatic heterocycles. The minimum Gasteiger partial charge on any atom is -0.363 e. The van der Waals surface area contributed by atoms with E-state index in [0.29, 0.717) is 32.2 Å². The smallest absolute Gasteiger partial charge is 0.315 e. The molecule has 2 rings (SSSR count). The van der Waals surface area contributed by atoms with Gasteiger partial charge < -0.3 is 26.6 Å². The lowest BCUT2D eigenvalue weighted by Crippen LogP contribution is -2.58. The van der Waals surface area contributed by atoms with E-state index in [-0.39, 0.29) is 11.8 Å². The number of primary amides is 1. The van der Waals surface area contributed by atoms with Gasteiger partial charge in [0.15, 0.2) is 0 Å². The highest BCUT2D eigenvalue weighted by Crippen LogP contribution is 2.25. The highest BCUT2D eigenvalue weighted by atomic mass is 16.2. The molecule has 5 amide bonds. The fraction of sp³-hybridized carbons (Fsp3) is 0.808. The third-order valence-electron chi connectivity index (χ3n) is 6.80. The van der Waals surface area contributed by atoms with Crippen LogP contribution in [-0.2, 0) is 19.2 Å². The number of fused-ring (bicyclic) bond motifs is 1. The van der Waals surface area contributed by atoms with Crippen LogP contribution in [-0.4, -0.2) is 64.6 Å². The number of nitrogens with one attached hydrogen (secondary N) is 3. The van der Waals surface area contributed by atoms with Gasteiger partial charge in [-0.2, -0.15) is 0 Å². The number of nitrogens with two attached hydrogens (primary N) is 1. The molecule has 0 aromatic carbocycles. The lowest BCUT2D eigenvalue weighted by Gasteiger charge is -2.30. The van der Waals surface area contributed by atoms with E-state index >= 15 is 0 Å². The largest absolute Gasteiger partial charge is 0.363 e. The molecule has 0 bridgehead atoms. The van der Waals surface area contributed by atoms with Crippen LogP contribution in [0, 0.1) is 5.92 Å². The minimum absolute atomic E-state index is 0.0737. The first kappa shape index (κ1) is 29.6. The molecule has 0 radical (unpaired) electrons. The fourth-order valence-corrected chi connectivity index (χ4v) is 5.00. The van der Waals surface area contributed by atoms with Crippen molar-refractivity contribution in [2.45, 2.75) is 122 Å². The van der Waals surface area contributed by atoms with Crippen molar-refractivity contribution in [1.82, 2.24) is 20.9 Å². The molecule has 0 saturated carbocycles. The van der Waals surface area contributed by atoms with Crippen molar-refractivity contribution in [3.8, 4) is 0 Å². The zero-order chi connectivity index (χ0) is 26.9. The van der Waals surface area contributed by atoms with Crippen LogP contribution in [0.5, 0.6) is 0 Å². The maximum absolute atomic E-state index is 13.7. The number of nitrogens with zero attached hydrogens (tertiary/aromatic N) is 1. The predicted molar refractivity (Wildman–Crippen MR) is 137 cm³/mol. The Balaban J connectivity index is 2.27. The summed E-state index contributed by atoms with van der Waals surface area (Å²) in [6.45, 7) is 7.93. The van der Waals surface area contributed by atoms with E-state index < -0.39 is 47.3 Å². The van der Waals surface area contributed by atoms with Crippen LogP contribution in [0.1, 0.15) is 98.3 Å². The first-order valence-corrected chi connectivity index (χ1v) is 13.4. The molecule has 10 nitrogen and oxygen atoms in total. The van der Waals surface area contributed by atoms with Crippen molar-refractivity contribution in [2.24, 2.45) is 11.7 Å². The van der Waals surface area contributed by atoms with Gasteiger partial charge in [-0.1, -0.05) is 58.3 Å². The van der Waals surface area contributed by atoms with Gasteiger partial charge >= 0.3 is 6.03 Å². The molecule has 0 aromatic heterocycles. The van der Waals surface area contributed by atoms with Gasteiger partial charge in [-0.15, -0.1) is 0 Å². The van der Waals surface area contributed by atoms with Gasteiger partial charge in [-0.05, 0) is 46.0 Å². The van der Waals surface area contributed by atoms with Crippen LogP contribution in [0.3, 0.4) is 0 Å². The standard InChI is InChI=1S/C26H45N5O5/c1-17-15-20-23(34)28-18(21(32)22(27)33)13-11-9-7-5-6-8-10-12-14-19(24(35)31(20)16-17)29-25(36)30-26(2,3)4/h17-20H,5-16H2,1-4H3,(H2,27,33)(H,28,34)(H2,29,30,36)/t17-,18+,19+,20+/m1/s1. The number of Topliss-reactive ketones (excluding diaryl/α,β-unsaturated/α-hetero) is 1. The van der Waals surface area contributed by atoms with Crippen LogP contribution in [0.2, 0.25) is 0 Å². The van der Waals surface area contributed by atoms with Crippen LogP contribution in [0.25, 0.3) is 0 Å². The molecule has 2 fully saturated rings. The summed E-state index contributed by atoms with van der Waals surface area (Å²) in [7, 11) is 0. The molecule has 4 atom stereocenters. The van der Waals surface area contributed by atoms with E-state index in [0.717, 1.165) is 44.9 Å². The zero-order valence-electron chi connectivity index (χ0n) is 22.4. The molecular formula is C26H45N5O5. The first-order chi connectivity index (χ1) is 16.9. The van der Waals surface area contributed by atoms with E-state index in [4.69, 9.17) is 5.73 Å². The van der Waals surface area contributed by atoms with Crippen LogP contribution < -0.4 is 21.7 Å². The van der Waals surface area contributed by atoms with Crippen LogP contribution in [0.15, 0.2) is 0 Å². The Morgan fingerprint density at radius 1 is 0.944 bits per heavy atom. The summed E-state index contributed by atoms with van der Waals surface area (Å²) in [4.78, 5) is 65.1. The average molecular weight is 508 g/mol. The van der Waals surface area contributed by atoms with E-state index in [1.165, 1.54) is 4.90 Å². The molecular weight excluding hydrogens is 462 g/mol. The Kier molecular flexibility index (Phi) is 11.2. The maximum Gasteiger partial charge on any atom is 0.315 e. The van der Waals surface area contributed by atoms with Gasteiger partial charge in [0.2, 0.25) is 17.6 Å². The summed E-state index contributed by atoms with van der Waals surface area (Å²) in [5.41, 5.74) is 4.78. The summed E-state index contributed by atoms with van der Waals surface area (Å²) in [6.07, 6.45) is 8.79. The Hall–Kier alpha value is -2.65. The lowest BCUT2D eigenvalue weighted by molar-refractivity contribution is -0.142. The molecule has 2 heterocycles. The Morgan fingerprint density at radius 2 is 1.50 bits per heavy atom. The molecule has 0 spiro atoms. The minimum atomic E-state index is -1.08. The Morgan fingerprint density at radius 3 is 2.06 bits per heavy atom. The van der Waals surface area contributed by atoms with Crippen molar-refractivity contribution in [2.75, 3.05) is 6.54 Å². The zero-order valence-corrected chi connectivity index (χ0v) is 22.4. The fourth-order valence-electron chi connectivity index (χ4n) is 5.00. The normalized spacial score (nSPS) is 27.4. The van der Waals surface area contributed by atoms with E-state index in [9.17, 15) is 24.0 Å². The van der Waals surface area contributed by atoms with Gasteiger partial charge in [0.1, 0.15) is 12.1 Å². The SMILES string of the molecule is C[C@@H]1C[C@H]2C(=O)N[C@H](C(=O)C(N)=O)CCCCCCCCCC[C@H](NC(=O)NC(C)(C)C)C(=O)N2C1. The van der Waals surface area contributed by atoms with Gasteiger partial charge in [0, 0.05) is 12.1 Å². The summed E-state index contributed by atoms with van der Waals surface area (Å²) in [6, 6.07) is -2.95. The first-order valence-electron chi connectivity index (χ1n) is 13.4. The van der Waals surface area contributed by atoms with E-state index in [1.807, 2.05) is 27.7 Å². The Labute approximate surface area is 214 Å². The quantitative estimate of drug-likeness (QED) is 0.432. The second kappa shape index (κ2) is 13.6. The molecule has 5 N–H and O–H groups in total. The number of carbonyl (C=O) groups excluding carboxylic acids is 5. The van der Waals surface area contributed by atoms with Crippen molar-refractivity contribution in [3.05, 3.63) is 0 Å². The number of ketones is 1. The van der Waals surface area contributed by atoms with Crippen molar-refractivity contribution in [3.63, 3.8) is 0 Å². The molecule has 2 saturated heterocycles. The summed E-state index contributed by atoms with van der Waals surface area (Å²) in [5, 5.41) is 8.38. The second-order valence-electron chi connectivity index (χ2n) is 11.4. The molecule has 36 heavy (non-hydrogen) atoms. The topological polar surface area (TPSA) is 151 Å². The van der Waals surface area contributed by atoms with Gasteiger partial charge in [-0.3, -0.25) is 19.2 Å². The van der Waals surface area contributed by atoms with Gasteiger partial charge in [0.05, 0.1) is 6.04 Å². The number of rotatable bonds is 3.